The standard InChI is InChI=1S/C12H9NO3/c14-7-9-3-1-2-4-11(9)13-12(15)10-5-6-16-8-10/h1-8H,(H,13,15). The molecule has 1 amide bonds. The second kappa shape index (κ2) is 4.44. The molecule has 0 atom stereocenters. The van der Waals surface area contributed by atoms with E-state index in [1.54, 1.807) is 30.3 Å². The number of hydrogen-bond donors (Lipinski definition) is 1. The zero-order valence-corrected chi connectivity index (χ0v) is 8.34. The number of hydrogen-bond acceptors (Lipinski definition) is 3. The predicted octanol–water partition coefficient (Wildman–Crippen LogP) is 2.34. The second-order valence-corrected chi connectivity index (χ2v) is 3.17. The Morgan fingerprint density at radius 1 is 1.25 bits per heavy atom. The predicted molar refractivity (Wildman–Crippen MR) is 58.5 cm³/mol. The minimum absolute atomic E-state index is 0.303. The first-order valence-electron chi connectivity index (χ1n) is 4.69. The fourth-order valence-electron chi connectivity index (χ4n) is 1.30. The molecule has 4 heteroatoms. The Morgan fingerprint density at radius 3 is 2.75 bits per heavy atom. The lowest BCUT2D eigenvalue weighted by molar-refractivity contribution is 0.102. The Bertz CT molecular complexity index is 503. The molecule has 2 rings (SSSR count). The summed E-state index contributed by atoms with van der Waals surface area (Å²) in [6.07, 6.45) is 3.46. The van der Waals surface area contributed by atoms with Crippen molar-refractivity contribution in [1.82, 2.24) is 0 Å². The van der Waals surface area contributed by atoms with Crippen LogP contribution < -0.4 is 5.32 Å². The molecule has 4 nitrogen and oxygen atoms in total. The molecule has 0 unspecified atom stereocenters. The van der Waals surface area contributed by atoms with Crippen molar-refractivity contribution in [2.45, 2.75) is 0 Å². The van der Waals surface area contributed by atoms with Gasteiger partial charge in [0.25, 0.3) is 5.91 Å². The van der Waals surface area contributed by atoms with Gasteiger partial charge in [-0.05, 0) is 18.2 Å². The Hall–Kier alpha value is -2.36. The summed E-state index contributed by atoms with van der Waals surface area (Å²) in [6, 6.07) is 8.34. The quantitative estimate of drug-likeness (QED) is 0.799. The van der Waals surface area contributed by atoms with Crippen LogP contribution in [0, 0.1) is 0 Å². The van der Waals surface area contributed by atoms with Gasteiger partial charge >= 0.3 is 0 Å². The van der Waals surface area contributed by atoms with Crippen molar-refractivity contribution in [2.75, 3.05) is 5.32 Å². The van der Waals surface area contributed by atoms with Gasteiger partial charge in [-0.1, -0.05) is 12.1 Å². The third-order valence-electron chi connectivity index (χ3n) is 2.12. The van der Waals surface area contributed by atoms with E-state index in [2.05, 4.69) is 5.32 Å². The molecule has 2 aromatic rings. The van der Waals surface area contributed by atoms with Crippen molar-refractivity contribution >= 4 is 17.9 Å². The molecule has 1 N–H and O–H groups in total. The van der Waals surface area contributed by atoms with E-state index in [0.717, 1.165) is 0 Å². The third-order valence-corrected chi connectivity index (χ3v) is 2.12. The fraction of sp³-hybridized carbons (Fsp3) is 0. The van der Waals surface area contributed by atoms with Crippen molar-refractivity contribution in [3.63, 3.8) is 0 Å². The lowest BCUT2D eigenvalue weighted by Crippen LogP contribution is -2.12. The number of benzene rings is 1. The van der Waals surface area contributed by atoms with E-state index in [1.807, 2.05) is 0 Å². The molecule has 0 radical (unpaired) electrons. The number of carbonyl (C=O) groups excluding carboxylic acids is 2. The average Bonchev–Trinajstić information content (AvgIpc) is 2.83. The Labute approximate surface area is 91.9 Å². The van der Waals surface area contributed by atoms with Gasteiger partial charge in [-0.2, -0.15) is 0 Å². The SMILES string of the molecule is O=Cc1ccccc1NC(=O)c1ccoc1. The van der Waals surface area contributed by atoms with E-state index >= 15 is 0 Å². The monoisotopic (exact) mass is 215 g/mol. The number of rotatable bonds is 3. The van der Waals surface area contributed by atoms with Crippen LogP contribution in [-0.4, -0.2) is 12.2 Å². The van der Waals surface area contributed by atoms with Crippen LogP contribution in [0.15, 0.2) is 47.3 Å². The minimum atomic E-state index is -0.303. The topological polar surface area (TPSA) is 59.3 Å². The van der Waals surface area contributed by atoms with Crippen LogP contribution in [0.1, 0.15) is 20.7 Å². The molecule has 80 valence electrons. The average molecular weight is 215 g/mol. The van der Waals surface area contributed by atoms with E-state index in [1.165, 1.54) is 12.5 Å². The molecule has 0 saturated heterocycles. The molecular formula is C12H9NO3. The number of anilines is 1. The van der Waals surface area contributed by atoms with Gasteiger partial charge in [-0.25, -0.2) is 0 Å². The summed E-state index contributed by atoms with van der Waals surface area (Å²) >= 11 is 0. The van der Waals surface area contributed by atoms with Crippen LogP contribution in [-0.2, 0) is 0 Å². The molecule has 0 spiro atoms. The number of carbonyl (C=O) groups is 2. The van der Waals surface area contributed by atoms with Crippen LogP contribution >= 0.6 is 0 Å². The molecule has 0 saturated carbocycles. The first kappa shape index (κ1) is 10.2. The summed E-state index contributed by atoms with van der Waals surface area (Å²) in [5.74, 6) is -0.303. The number of nitrogens with one attached hydrogen (secondary N) is 1. The molecule has 16 heavy (non-hydrogen) atoms. The zero-order chi connectivity index (χ0) is 11.4. The lowest BCUT2D eigenvalue weighted by atomic mass is 10.2. The first-order chi connectivity index (χ1) is 7.81. The van der Waals surface area contributed by atoms with Crippen LogP contribution in [0.3, 0.4) is 0 Å². The molecule has 1 aromatic carbocycles. The molecule has 0 aliphatic heterocycles. The largest absolute Gasteiger partial charge is 0.472 e. The van der Waals surface area contributed by atoms with Gasteiger partial charge in [0.2, 0.25) is 0 Å². The van der Waals surface area contributed by atoms with Crippen molar-refractivity contribution in [3.05, 3.63) is 54.0 Å². The maximum Gasteiger partial charge on any atom is 0.258 e. The van der Waals surface area contributed by atoms with Crippen LogP contribution in [0.5, 0.6) is 0 Å². The van der Waals surface area contributed by atoms with Gasteiger partial charge < -0.3 is 9.73 Å². The molecule has 0 fully saturated rings. The normalized spacial score (nSPS) is 9.75. The molecular weight excluding hydrogens is 206 g/mol. The van der Waals surface area contributed by atoms with Crippen LogP contribution in [0.2, 0.25) is 0 Å². The summed E-state index contributed by atoms with van der Waals surface area (Å²) in [6.45, 7) is 0. The highest BCUT2D eigenvalue weighted by Gasteiger charge is 2.08. The maximum absolute atomic E-state index is 11.7. The van der Waals surface area contributed by atoms with E-state index < -0.39 is 0 Å². The molecule has 0 bridgehead atoms. The van der Waals surface area contributed by atoms with Crippen LogP contribution in [0.4, 0.5) is 5.69 Å². The van der Waals surface area contributed by atoms with E-state index in [9.17, 15) is 9.59 Å². The minimum Gasteiger partial charge on any atom is -0.472 e. The highest BCUT2D eigenvalue weighted by Crippen LogP contribution is 2.14. The van der Waals surface area contributed by atoms with Crippen molar-refractivity contribution in [2.24, 2.45) is 0 Å². The summed E-state index contributed by atoms with van der Waals surface area (Å²) in [5, 5.41) is 2.63. The third kappa shape index (κ3) is 2.00. The Balaban J connectivity index is 2.21. The second-order valence-electron chi connectivity index (χ2n) is 3.17. The maximum atomic E-state index is 11.7. The van der Waals surface area contributed by atoms with E-state index in [4.69, 9.17) is 4.42 Å². The summed E-state index contributed by atoms with van der Waals surface area (Å²) < 4.78 is 4.80. The van der Waals surface area contributed by atoms with Gasteiger partial charge in [0, 0.05) is 5.56 Å². The van der Waals surface area contributed by atoms with Crippen molar-refractivity contribution < 1.29 is 14.0 Å². The van der Waals surface area contributed by atoms with Crippen molar-refractivity contribution in [1.29, 1.82) is 0 Å². The molecule has 0 aliphatic carbocycles. The Kier molecular flexibility index (Phi) is 2.82. The summed E-state index contributed by atoms with van der Waals surface area (Å²) in [7, 11) is 0. The highest BCUT2D eigenvalue weighted by atomic mass is 16.3. The number of furan rings is 1. The van der Waals surface area contributed by atoms with E-state index in [0.29, 0.717) is 23.1 Å². The van der Waals surface area contributed by atoms with Crippen molar-refractivity contribution in [3.8, 4) is 0 Å². The number of amides is 1. The first-order valence-corrected chi connectivity index (χ1v) is 4.69. The smallest absolute Gasteiger partial charge is 0.258 e. The van der Waals surface area contributed by atoms with Crippen LogP contribution in [0.25, 0.3) is 0 Å². The summed E-state index contributed by atoms with van der Waals surface area (Å²) in [5.41, 5.74) is 1.35. The Morgan fingerprint density at radius 2 is 2.06 bits per heavy atom. The highest BCUT2D eigenvalue weighted by molar-refractivity contribution is 6.06. The zero-order valence-electron chi connectivity index (χ0n) is 8.34. The lowest BCUT2D eigenvalue weighted by Gasteiger charge is -2.05. The fourth-order valence-corrected chi connectivity index (χ4v) is 1.30. The molecule has 1 aromatic heterocycles. The summed E-state index contributed by atoms with van der Waals surface area (Å²) in [4.78, 5) is 22.4. The van der Waals surface area contributed by atoms with Gasteiger partial charge in [0.1, 0.15) is 6.26 Å². The van der Waals surface area contributed by atoms with E-state index in [-0.39, 0.29) is 5.91 Å². The number of aldehydes is 1. The number of para-hydroxylation sites is 1. The van der Waals surface area contributed by atoms with Gasteiger partial charge in [0.05, 0.1) is 17.5 Å². The molecule has 1 heterocycles. The molecule has 0 aliphatic rings. The van der Waals surface area contributed by atoms with Gasteiger partial charge in [-0.15, -0.1) is 0 Å². The van der Waals surface area contributed by atoms with Gasteiger partial charge in [-0.3, -0.25) is 9.59 Å². The van der Waals surface area contributed by atoms with Gasteiger partial charge in [0.15, 0.2) is 6.29 Å².